The van der Waals surface area contributed by atoms with E-state index in [4.69, 9.17) is 18.0 Å². The standard InChI is InChI=1S/C10H10N6O2S/c1-5-3-6(14-9(13-5)10(17)18-2)16-4-12-8(15-16)7(11)19/h3-4H,1-2H3,(H2,11,19). The van der Waals surface area contributed by atoms with E-state index in [1.54, 1.807) is 13.0 Å². The summed E-state index contributed by atoms with van der Waals surface area (Å²) in [5.74, 6) is -0.0710. The van der Waals surface area contributed by atoms with Crippen molar-refractivity contribution < 1.29 is 9.53 Å². The number of methoxy groups -OCH3 is 1. The van der Waals surface area contributed by atoms with Gasteiger partial charge in [-0.25, -0.2) is 24.4 Å². The number of thiocarbonyl (C=S) groups is 1. The van der Waals surface area contributed by atoms with Crippen molar-refractivity contribution in [3.8, 4) is 5.82 Å². The summed E-state index contributed by atoms with van der Waals surface area (Å²) < 4.78 is 5.93. The minimum absolute atomic E-state index is 0.0510. The van der Waals surface area contributed by atoms with Crippen molar-refractivity contribution in [2.45, 2.75) is 6.92 Å². The van der Waals surface area contributed by atoms with Gasteiger partial charge < -0.3 is 10.5 Å². The Balaban J connectivity index is 2.46. The highest BCUT2D eigenvalue weighted by Crippen LogP contribution is 2.06. The molecule has 98 valence electrons. The molecule has 0 spiro atoms. The molecule has 2 aromatic rings. The van der Waals surface area contributed by atoms with Gasteiger partial charge in [0.2, 0.25) is 11.6 Å². The van der Waals surface area contributed by atoms with Crippen molar-refractivity contribution in [3.05, 3.63) is 29.7 Å². The van der Waals surface area contributed by atoms with Gasteiger partial charge in [0.25, 0.3) is 0 Å². The Morgan fingerprint density at radius 1 is 1.42 bits per heavy atom. The maximum atomic E-state index is 11.4. The van der Waals surface area contributed by atoms with Gasteiger partial charge in [0.15, 0.2) is 5.82 Å². The van der Waals surface area contributed by atoms with Gasteiger partial charge in [-0.1, -0.05) is 12.2 Å². The van der Waals surface area contributed by atoms with E-state index < -0.39 is 5.97 Å². The number of nitrogens with two attached hydrogens (primary N) is 1. The predicted molar refractivity (Wildman–Crippen MR) is 68.9 cm³/mol. The molecule has 0 radical (unpaired) electrons. The molecule has 19 heavy (non-hydrogen) atoms. The zero-order chi connectivity index (χ0) is 14.0. The molecule has 2 aromatic heterocycles. The summed E-state index contributed by atoms with van der Waals surface area (Å²) in [4.78, 5) is 23.4. The Morgan fingerprint density at radius 2 is 2.16 bits per heavy atom. The van der Waals surface area contributed by atoms with Gasteiger partial charge in [-0.05, 0) is 6.92 Å². The fourth-order valence-electron chi connectivity index (χ4n) is 1.34. The first-order chi connectivity index (χ1) is 9.01. The van der Waals surface area contributed by atoms with Gasteiger partial charge in [0, 0.05) is 11.8 Å². The quantitative estimate of drug-likeness (QED) is 0.606. The van der Waals surface area contributed by atoms with Crippen LogP contribution in [0.4, 0.5) is 0 Å². The summed E-state index contributed by atoms with van der Waals surface area (Å²) in [6, 6.07) is 1.64. The van der Waals surface area contributed by atoms with Crippen LogP contribution in [-0.2, 0) is 4.74 Å². The van der Waals surface area contributed by atoms with Crippen LogP contribution >= 0.6 is 12.2 Å². The number of carbonyl (C=O) groups is 1. The highest BCUT2D eigenvalue weighted by atomic mass is 32.1. The van der Waals surface area contributed by atoms with Crippen LogP contribution in [0, 0.1) is 6.92 Å². The Hall–Kier alpha value is -2.42. The number of carbonyl (C=O) groups excluding carboxylic acids is 1. The average Bonchev–Trinajstić information content (AvgIpc) is 2.86. The van der Waals surface area contributed by atoms with Gasteiger partial charge >= 0.3 is 5.97 Å². The molecule has 2 rings (SSSR count). The highest BCUT2D eigenvalue weighted by Gasteiger charge is 2.13. The second-order valence-electron chi connectivity index (χ2n) is 3.56. The number of aromatic nitrogens is 5. The third-order valence-corrected chi connectivity index (χ3v) is 2.34. The molecule has 0 aromatic carbocycles. The molecule has 0 bridgehead atoms. The normalized spacial score (nSPS) is 10.2. The van der Waals surface area contributed by atoms with E-state index in [1.807, 2.05) is 0 Å². The molecule has 2 N–H and O–H groups in total. The molecule has 0 unspecified atom stereocenters. The van der Waals surface area contributed by atoms with Crippen molar-refractivity contribution in [3.63, 3.8) is 0 Å². The number of esters is 1. The summed E-state index contributed by atoms with van der Waals surface area (Å²) >= 11 is 4.77. The van der Waals surface area contributed by atoms with Crippen molar-refractivity contribution in [2.75, 3.05) is 7.11 Å². The number of nitrogens with zero attached hydrogens (tertiary/aromatic N) is 5. The lowest BCUT2D eigenvalue weighted by Crippen LogP contribution is -2.13. The number of hydrogen-bond acceptors (Lipinski definition) is 7. The van der Waals surface area contributed by atoms with Crippen molar-refractivity contribution in [2.24, 2.45) is 5.73 Å². The first kappa shape index (κ1) is 13.0. The Bertz CT molecular complexity index is 653. The molecule has 2 heterocycles. The number of rotatable bonds is 3. The monoisotopic (exact) mass is 278 g/mol. The molecular weight excluding hydrogens is 268 g/mol. The maximum Gasteiger partial charge on any atom is 0.376 e. The predicted octanol–water partition coefficient (Wildman–Crippen LogP) is -0.213. The molecule has 8 nitrogen and oxygen atoms in total. The third kappa shape index (κ3) is 2.71. The van der Waals surface area contributed by atoms with E-state index in [2.05, 4.69) is 24.8 Å². The zero-order valence-corrected chi connectivity index (χ0v) is 11.0. The van der Waals surface area contributed by atoms with E-state index in [1.165, 1.54) is 18.1 Å². The maximum absolute atomic E-state index is 11.4. The second kappa shape index (κ2) is 5.06. The van der Waals surface area contributed by atoms with E-state index in [0.717, 1.165) is 0 Å². The fraction of sp³-hybridized carbons (Fsp3) is 0.200. The molecular formula is C10H10N6O2S. The molecule has 0 saturated heterocycles. The smallest absolute Gasteiger partial charge is 0.376 e. The van der Waals surface area contributed by atoms with Crippen molar-refractivity contribution in [1.82, 2.24) is 24.7 Å². The van der Waals surface area contributed by atoms with E-state index in [-0.39, 0.29) is 16.6 Å². The van der Waals surface area contributed by atoms with Gasteiger partial charge in [-0.15, -0.1) is 5.10 Å². The number of ether oxygens (including phenoxy) is 1. The fourth-order valence-corrected chi connectivity index (χ4v) is 1.43. The summed E-state index contributed by atoms with van der Waals surface area (Å²) in [6.07, 6.45) is 1.40. The van der Waals surface area contributed by atoms with Crippen LogP contribution in [0.2, 0.25) is 0 Å². The largest absolute Gasteiger partial charge is 0.463 e. The first-order valence-electron chi connectivity index (χ1n) is 5.17. The highest BCUT2D eigenvalue weighted by molar-refractivity contribution is 7.80. The van der Waals surface area contributed by atoms with Gasteiger partial charge in [-0.2, -0.15) is 0 Å². The molecule has 0 amide bonds. The Kier molecular flexibility index (Phi) is 3.47. The minimum atomic E-state index is -0.625. The zero-order valence-electron chi connectivity index (χ0n) is 10.2. The molecule has 0 atom stereocenters. The molecule has 0 aliphatic rings. The molecule has 0 aliphatic carbocycles. The summed E-state index contributed by atoms with van der Waals surface area (Å²) in [6.45, 7) is 1.73. The van der Waals surface area contributed by atoms with E-state index in [0.29, 0.717) is 11.5 Å². The van der Waals surface area contributed by atoms with Crippen LogP contribution in [0.5, 0.6) is 0 Å². The van der Waals surface area contributed by atoms with Gasteiger partial charge in [0.05, 0.1) is 7.11 Å². The lowest BCUT2D eigenvalue weighted by Gasteiger charge is -2.03. The Labute approximate surface area is 113 Å². The van der Waals surface area contributed by atoms with E-state index in [9.17, 15) is 4.79 Å². The van der Waals surface area contributed by atoms with Crippen LogP contribution in [0.15, 0.2) is 12.4 Å². The lowest BCUT2D eigenvalue weighted by atomic mass is 10.4. The van der Waals surface area contributed by atoms with Crippen LogP contribution in [0.1, 0.15) is 22.1 Å². The number of hydrogen-bond donors (Lipinski definition) is 1. The van der Waals surface area contributed by atoms with E-state index >= 15 is 0 Å². The summed E-state index contributed by atoms with van der Waals surface area (Å²) in [5.41, 5.74) is 6.02. The Morgan fingerprint density at radius 3 is 2.74 bits per heavy atom. The topological polar surface area (TPSA) is 109 Å². The van der Waals surface area contributed by atoms with Crippen LogP contribution in [0.25, 0.3) is 5.82 Å². The molecule has 9 heteroatoms. The van der Waals surface area contributed by atoms with Crippen molar-refractivity contribution >= 4 is 23.2 Å². The van der Waals surface area contributed by atoms with Crippen LogP contribution in [0.3, 0.4) is 0 Å². The number of aryl methyl sites for hydroxylation is 1. The second-order valence-corrected chi connectivity index (χ2v) is 4.00. The van der Waals surface area contributed by atoms with Crippen LogP contribution in [-0.4, -0.2) is 42.8 Å². The average molecular weight is 278 g/mol. The molecule has 0 fully saturated rings. The van der Waals surface area contributed by atoms with Crippen LogP contribution < -0.4 is 5.73 Å². The molecule has 0 saturated carbocycles. The summed E-state index contributed by atoms with van der Waals surface area (Å²) in [5, 5.41) is 4.04. The molecule has 0 aliphatic heterocycles. The minimum Gasteiger partial charge on any atom is -0.463 e. The summed E-state index contributed by atoms with van der Waals surface area (Å²) in [7, 11) is 1.26. The third-order valence-electron chi connectivity index (χ3n) is 2.16. The lowest BCUT2D eigenvalue weighted by molar-refractivity contribution is 0.0586. The SMILES string of the molecule is COC(=O)c1nc(C)cc(-n2cnc(C(N)=S)n2)n1. The van der Waals surface area contributed by atoms with Gasteiger partial charge in [0.1, 0.15) is 11.3 Å². The first-order valence-corrected chi connectivity index (χ1v) is 5.58. The van der Waals surface area contributed by atoms with Crippen molar-refractivity contribution in [1.29, 1.82) is 0 Å². The van der Waals surface area contributed by atoms with Gasteiger partial charge in [-0.3, -0.25) is 0 Å².